The lowest BCUT2D eigenvalue weighted by molar-refractivity contribution is 0.105. The molecule has 0 aromatic rings. The summed E-state index contributed by atoms with van der Waals surface area (Å²) in [6.45, 7) is 12.1. The van der Waals surface area contributed by atoms with Crippen LogP contribution >= 0.6 is 0 Å². The molecule has 0 bridgehead atoms. The fraction of sp³-hybridized carbons (Fsp3) is 1.00. The van der Waals surface area contributed by atoms with E-state index < -0.39 is 0 Å². The molecule has 0 aromatic heterocycles. The summed E-state index contributed by atoms with van der Waals surface area (Å²) in [7, 11) is 0. The van der Waals surface area contributed by atoms with E-state index in [1.54, 1.807) is 0 Å². The first-order valence-corrected chi connectivity index (χ1v) is 6.99. The Bertz CT molecular complexity index is 207. The molecule has 2 aliphatic heterocycles. The summed E-state index contributed by atoms with van der Waals surface area (Å²) in [6.07, 6.45) is 4.10. The van der Waals surface area contributed by atoms with E-state index in [-0.39, 0.29) is 0 Å². The molecule has 0 aromatic carbocycles. The molecule has 0 radical (unpaired) electrons. The number of likely N-dealkylation sites (tertiary alicyclic amines) is 1. The first-order chi connectivity index (χ1) is 7.79. The Labute approximate surface area is 100 Å². The second-order valence-electron chi connectivity index (χ2n) is 5.37. The highest BCUT2D eigenvalue weighted by Crippen LogP contribution is 2.17. The minimum atomic E-state index is 0.705. The van der Waals surface area contributed by atoms with Crippen molar-refractivity contribution in [1.82, 2.24) is 15.1 Å². The van der Waals surface area contributed by atoms with Crippen LogP contribution in [0.4, 0.5) is 0 Å². The maximum atomic E-state index is 3.58. The van der Waals surface area contributed by atoms with Crippen molar-refractivity contribution < 1.29 is 0 Å². The quantitative estimate of drug-likeness (QED) is 0.761. The summed E-state index contributed by atoms with van der Waals surface area (Å²) >= 11 is 0. The Morgan fingerprint density at radius 1 is 1.19 bits per heavy atom. The van der Waals surface area contributed by atoms with Crippen LogP contribution in [0.25, 0.3) is 0 Å². The molecular weight excluding hydrogens is 198 g/mol. The van der Waals surface area contributed by atoms with Gasteiger partial charge in [-0.3, -0.25) is 4.90 Å². The molecule has 2 rings (SSSR count). The number of likely N-dealkylation sites (N-methyl/N-ethyl adjacent to an activating group) is 1. The SMILES string of the molecule is CCN1CCCC(N2CCNC(C)CC2)C1. The number of nitrogens with zero attached hydrogens (tertiary/aromatic N) is 2. The van der Waals surface area contributed by atoms with Crippen LogP contribution in [0.2, 0.25) is 0 Å². The van der Waals surface area contributed by atoms with E-state index in [4.69, 9.17) is 0 Å². The summed E-state index contributed by atoms with van der Waals surface area (Å²) < 4.78 is 0. The standard InChI is InChI=1S/C13H27N3/c1-3-15-8-4-5-13(11-15)16-9-6-12(2)14-7-10-16/h12-14H,3-11H2,1-2H3. The summed E-state index contributed by atoms with van der Waals surface area (Å²) in [5.74, 6) is 0. The van der Waals surface area contributed by atoms with Gasteiger partial charge in [0.15, 0.2) is 0 Å². The molecule has 16 heavy (non-hydrogen) atoms. The Balaban J connectivity index is 1.85. The Morgan fingerprint density at radius 2 is 2.06 bits per heavy atom. The van der Waals surface area contributed by atoms with Gasteiger partial charge in [0.25, 0.3) is 0 Å². The maximum absolute atomic E-state index is 3.58. The molecule has 2 heterocycles. The molecule has 2 atom stereocenters. The fourth-order valence-corrected chi connectivity index (χ4v) is 3.01. The lowest BCUT2D eigenvalue weighted by atomic mass is 10.0. The summed E-state index contributed by atoms with van der Waals surface area (Å²) in [4.78, 5) is 5.33. The third kappa shape index (κ3) is 3.19. The highest BCUT2D eigenvalue weighted by atomic mass is 15.2. The van der Waals surface area contributed by atoms with E-state index in [9.17, 15) is 0 Å². The third-order valence-electron chi connectivity index (χ3n) is 4.19. The van der Waals surface area contributed by atoms with Crippen molar-refractivity contribution >= 4 is 0 Å². The number of piperidine rings is 1. The van der Waals surface area contributed by atoms with Crippen molar-refractivity contribution in [2.75, 3.05) is 39.3 Å². The molecule has 94 valence electrons. The van der Waals surface area contributed by atoms with Gasteiger partial charge in [0.1, 0.15) is 0 Å². The van der Waals surface area contributed by atoms with Crippen LogP contribution < -0.4 is 5.32 Å². The molecule has 3 heteroatoms. The first kappa shape index (κ1) is 12.3. The van der Waals surface area contributed by atoms with Crippen molar-refractivity contribution in [3.63, 3.8) is 0 Å². The van der Waals surface area contributed by atoms with Crippen molar-refractivity contribution in [3.05, 3.63) is 0 Å². The van der Waals surface area contributed by atoms with E-state index in [0.717, 1.165) is 6.04 Å². The molecule has 2 unspecified atom stereocenters. The van der Waals surface area contributed by atoms with Crippen LogP contribution in [0.15, 0.2) is 0 Å². The highest BCUT2D eigenvalue weighted by molar-refractivity contribution is 4.83. The fourth-order valence-electron chi connectivity index (χ4n) is 3.01. The molecule has 2 saturated heterocycles. The predicted molar refractivity (Wildman–Crippen MR) is 68.8 cm³/mol. The third-order valence-corrected chi connectivity index (χ3v) is 4.19. The van der Waals surface area contributed by atoms with Crippen LogP contribution in [0.1, 0.15) is 33.1 Å². The molecule has 0 spiro atoms. The largest absolute Gasteiger partial charge is 0.313 e. The van der Waals surface area contributed by atoms with Crippen molar-refractivity contribution in [2.45, 2.75) is 45.2 Å². The normalized spacial score (nSPS) is 34.9. The monoisotopic (exact) mass is 225 g/mol. The van der Waals surface area contributed by atoms with Crippen molar-refractivity contribution in [1.29, 1.82) is 0 Å². The summed E-state index contributed by atoms with van der Waals surface area (Å²) in [5, 5.41) is 3.58. The molecule has 0 saturated carbocycles. The predicted octanol–water partition coefficient (Wildman–Crippen LogP) is 1.15. The zero-order valence-corrected chi connectivity index (χ0v) is 10.9. The lowest BCUT2D eigenvalue weighted by Crippen LogP contribution is -2.48. The van der Waals surface area contributed by atoms with Gasteiger partial charge in [0.2, 0.25) is 0 Å². The minimum absolute atomic E-state index is 0.705. The molecule has 3 nitrogen and oxygen atoms in total. The van der Waals surface area contributed by atoms with Crippen LogP contribution in [0.5, 0.6) is 0 Å². The Hall–Kier alpha value is -0.120. The Kier molecular flexibility index (Phi) is 4.62. The van der Waals surface area contributed by atoms with E-state index in [2.05, 4.69) is 29.0 Å². The van der Waals surface area contributed by atoms with Crippen LogP contribution in [-0.4, -0.2) is 61.2 Å². The first-order valence-electron chi connectivity index (χ1n) is 6.99. The van der Waals surface area contributed by atoms with E-state index in [1.165, 1.54) is 58.5 Å². The maximum Gasteiger partial charge on any atom is 0.0224 e. The van der Waals surface area contributed by atoms with Gasteiger partial charge < -0.3 is 10.2 Å². The van der Waals surface area contributed by atoms with Crippen LogP contribution in [0, 0.1) is 0 Å². The smallest absolute Gasteiger partial charge is 0.0224 e. The highest BCUT2D eigenvalue weighted by Gasteiger charge is 2.25. The van der Waals surface area contributed by atoms with Gasteiger partial charge in [0, 0.05) is 38.3 Å². The number of hydrogen-bond acceptors (Lipinski definition) is 3. The molecule has 2 fully saturated rings. The zero-order chi connectivity index (χ0) is 11.4. The summed E-state index contributed by atoms with van der Waals surface area (Å²) in [6, 6.07) is 1.52. The minimum Gasteiger partial charge on any atom is -0.313 e. The topological polar surface area (TPSA) is 18.5 Å². The average Bonchev–Trinajstić information content (AvgIpc) is 2.54. The van der Waals surface area contributed by atoms with Gasteiger partial charge in [-0.25, -0.2) is 0 Å². The molecule has 2 aliphatic rings. The van der Waals surface area contributed by atoms with Gasteiger partial charge in [-0.15, -0.1) is 0 Å². The molecule has 1 N–H and O–H groups in total. The van der Waals surface area contributed by atoms with Gasteiger partial charge in [0.05, 0.1) is 0 Å². The van der Waals surface area contributed by atoms with Gasteiger partial charge in [-0.1, -0.05) is 6.92 Å². The van der Waals surface area contributed by atoms with Crippen LogP contribution in [-0.2, 0) is 0 Å². The zero-order valence-electron chi connectivity index (χ0n) is 10.9. The lowest BCUT2D eigenvalue weighted by Gasteiger charge is -2.38. The second kappa shape index (κ2) is 5.99. The van der Waals surface area contributed by atoms with E-state index in [0.29, 0.717) is 6.04 Å². The van der Waals surface area contributed by atoms with Gasteiger partial charge in [-0.2, -0.15) is 0 Å². The molecular formula is C13H27N3. The number of hydrogen-bond donors (Lipinski definition) is 1. The Morgan fingerprint density at radius 3 is 2.88 bits per heavy atom. The number of rotatable bonds is 2. The van der Waals surface area contributed by atoms with Gasteiger partial charge >= 0.3 is 0 Å². The summed E-state index contributed by atoms with van der Waals surface area (Å²) in [5.41, 5.74) is 0. The van der Waals surface area contributed by atoms with Crippen molar-refractivity contribution in [3.8, 4) is 0 Å². The molecule has 0 amide bonds. The molecule has 0 aliphatic carbocycles. The second-order valence-corrected chi connectivity index (χ2v) is 5.37. The number of nitrogens with one attached hydrogen (secondary N) is 1. The van der Waals surface area contributed by atoms with E-state index >= 15 is 0 Å². The van der Waals surface area contributed by atoms with Crippen LogP contribution in [0.3, 0.4) is 0 Å². The average molecular weight is 225 g/mol. The van der Waals surface area contributed by atoms with Gasteiger partial charge in [-0.05, 0) is 39.3 Å². The van der Waals surface area contributed by atoms with E-state index in [1.807, 2.05) is 0 Å². The van der Waals surface area contributed by atoms with Crippen molar-refractivity contribution in [2.24, 2.45) is 0 Å².